The molecule has 3 rings (SSSR count). The molecule has 2 aliphatic rings. The highest BCUT2D eigenvalue weighted by Gasteiger charge is 2.29. The first-order chi connectivity index (χ1) is 10.4. The topological polar surface area (TPSA) is 51.2 Å². The van der Waals surface area contributed by atoms with Gasteiger partial charge >= 0.3 is 5.97 Å². The molecule has 1 aromatic carbocycles. The number of hydrogen-bond acceptors (Lipinski definition) is 6. The van der Waals surface area contributed by atoms with Crippen molar-refractivity contribution in [1.29, 1.82) is 0 Å². The van der Waals surface area contributed by atoms with Crippen molar-refractivity contribution < 1.29 is 19.1 Å². The number of carbonyl (C=O) groups excluding carboxylic acids is 1. The predicted molar refractivity (Wildman–Crippen MR) is 81.9 cm³/mol. The van der Waals surface area contributed by atoms with Gasteiger partial charge in [0.25, 0.3) is 0 Å². The molecule has 0 aromatic heterocycles. The van der Waals surface area contributed by atoms with E-state index in [1.807, 2.05) is 39.0 Å². The third kappa shape index (κ3) is 2.97. The maximum absolute atomic E-state index is 11.9. The molecule has 0 unspecified atom stereocenters. The van der Waals surface area contributed by atoms with Gasteiger partial charge in [-0.15, -0.1) is 5.06 Å². The van der Waals surface area contributed by atoms with Crippen LogP contribution in [-0.4, -0.2) is 44.0 Å². The summed E-state index contributed by atoms with van der Waals surface area (Å²) in [5.41, 5.74) is 0.555. The van der Waals surface area contributed by atoms with Gasteiger partial charge in [0.1, 0.15) is 0 Å². The molecule has 0 aliphatic carbocycles. The molecule has 0 radical (unpaired) electrons. The Morgan fingerprint density at radius 1 is 1.14 bits per heavy atom. The summed E-state index contributed by atoms with van der Waals surface area (Å²) >= 11 is 0. The fourth-order valence-corrected chi connectivity index (χ4v) is 2.44. The van der Waals surface area contributed by atoms with E-state index in [1.165, 1.54) is 0 Å². The molecule has 120 valence electrons. The van der Waals surface area contributed by atoms with E-state index in [0.29, 0.717) is 13.1 Å². The predicted octanol–water partition coefficient (Wildman–Crippen LogP) is 2.04. The third-order valence-corrected chi connectivity index (χ3v) is 3.78. The molecule has 1 aromatic rings. The van der Waals surface area contributed by atoms with E-state index in [9.17, 15) is 4.79 Å². The Kier molecular flexibility index (Phi) is 3.87. The number of rotatable bonds is 2. The van der Waals surface area contributed by atoms with Crippen LogP contribution >= 0.6 is 0 Å². The van der Waals surface area contributed by atoms with Gasteiger partial charge in [-0.3, -0.25) is 0 Å². The Labute approximate surface area is 130 Å². The monoisotopic (exact) mass is 306 g/mol. The van der Waals surface area contributed by atoms with Gasteiger partial charge in [0.15, 0.2) is 11.5 Å². The van der Waals surface area contributed by atoms with Gasteiger partial charge in [-0.25, -0.2) is 4.79 Å². The lowest BCUT2D eigenvalue weighted by molar-refractivity contribution is -0.201. The normalized spacial score (nSPS) is 18.4. The molecule has 2 aliphatic heterocycles. The van der Waals surface area contributed by atoms with Crippen LogP contribution < -0.4 is 14.4 Å². The Balaban J connectivity index is 1.61. The van der Waals surface area contributed by atoms with Gasteiger partial charge in [-0.1, -0.05) is 6.07 Å². The van der Waals surface area contributed by atoms with E-state index in [1.54, 1.807) is 5.06 Å². The van der Waals surface area contributed by atoms with E-state index in [-0.39, 0.29) is 12.8 Å². The maximum Gasteiger partial charge on any atom is 0.330 e. The number of hydroxylamine groups is 2. The van der Waals surface area contributed by atoms with Gasteiger partial charge in [-0.05, 0) is 32.9 Å². The summed E-state index contributed by atoms with van der Waals surface area (Å²) in [5, 5.41) is 1.74. The lowest BCUT2D eigenvalue weighted by Gasteiger charge is -2.36. The number of fused-ring (bicyclic) bond motifs is 1. The quantitative estimate of drug-likeness (QED) is 0.833. The van der Waals surface area contributed by atoms with Gasteiger partial charge in [0, 0.05) is 13.1 Å². The van der Waals surface area contributed by atoms with E-state index >= 15 is 0 Å². The summed E-state index contributed by atoms with van der Waals surface area (Å²) in [6.07, 6.45) is 0. The lowest BCUT2D eigenvalue weighted by atomic mass is 9.98. The molecule has 0 spiro atoms. The first-order valence-corrected chi connectivity index (χ1v) is 7.56. The molecular formula is C16H22N2O4. The van der Waals surface area contributed by atoms with Crippen molar-refractivity contribution in [3.8, 4) is 11.5 Å². The fourth-order valence-electron chi connectivity index (χ4n) is 2.44. The zero-order chi connectivity index (χ0) is 15.7. The fraction of sp³-hybridized carbons (Fsp3) is 0.562. The van der Waals surface area contributed by atoms with Crippen LogP contribution in [-0.2, 0) is 9.63 Å². The molecule has 1 fully saturated rings. The molecule has 22 heavy (non-hydrogen) atoms. The van der Waals surface area contributed by atoms with Crippen LogP contribution in [0, 0.1) is 5.41 Å². The summed E-state index contributed by atoms with van der Waals surface area (Å²) in [5.74, 6) is 1.40. The van der Waals surface area contributed by atoms with Crippen LogP contribution in [0.1, 0.15) is 20.8 Å². The smallest absolute Gasteiger partial charge is 0.330 e. The number of para-hydroxylation sites is 1. The van der Waals surface area contributed by atoms with Crippen LogP contribution in [0.25, 0.3) is 0 Å². The minimum atomic E-state index is -0.484. The van der Waals surface area contributed by atoms with Crippen molar-refractivity contribution >= 4 is 11.7 Å². The highest BCUT2D eigenvalue weighted by atomic mass is 16.7. The number of piperazine rings is 1. The summed E-state index contributed by atoms with van der Waals surface area (Å²) in [7, 11) is 0. The summed E-state index contributed by atoms with van der Waals surface area (Å²) in [6.45, 7) is 8.74. The molecule has 0 amide bonds. The second kappa shape index (κ2) is 5.68. The number of carbonyl (C=O) groups is 1. The standard InChI is InChI=1S/C16H22N2O4/c1-16(2,3)15(19)22-18-9-7-17(8-10-18)12-5-4-6-13-14(12)21-11-20-13/h4-6H,7-11H2,1-3H3. The lowest BCUT2D eigenvalue weighted by Crippen LogP contribution is -2.48. The van der Waals surface area contributed by atoms with Crippen LogP contribution in [0.3, 0.4) is 0 Å². The third-order valence-electron chi connectivity index (χ3n) is 3.78. The summed E-state index contributed by atoms with van der Waals surface area (Å²) in [6, 6.07) is 5.91. The van der Waals surface area contributed by atoms with E-state index in [0.717, 1.165) is 30.3 Å². The van der Waals surface area contributed by atoms with E-state index in [2.05, 4.69) is 4.90 Å². The largest absolute Gasteiger partial charge is 0.454 e. The van der Waals surface area contributed by atoms with Crippen molar-refractivity contribution in [2.24, 2.45) is 5.41 Å². The molecule has 6 nitrogen and oxygen atoms in total. The van der Waals surface area contributed by atoms with Crippen molar-refractivity contribution in [1.82, 2.24) is 5.06 Å². The Morgan fingerprint density at radius 2 is 1.86 bits per heavy atom. The van der Waals surface area contributed by atoms with Crippen molar-refractivity contribution in [3.63, 3.8) is 0 Å². The molecule has 0 saturated carbocycles. The number of nitrogens with zero attached hydrogens (tertiary/aromatic N) is 2. The average Bonchev–Trinajstić information content (AvgIpc) is 2.95. The maximum atomic E-state index is 11.9. The van der Waals surface area contributed by atoms with Crippen molar-refractivity contribution in [2.45, 2.75) is 20.8 Å². The van der Waals surface area contributed by atoms with Gasteiger partial charge < -0.3 is 19.2 Å². The molecule has 0 atom stereocenters. The molecule has 6 heteroatoms. The van der Waals surface area contributed by atoms with Crippen molar-refractivity contribution in [3.05, 3.63) is 18.2 Å². The minimum absolute atomic E-state index is 0.196. The number of hydrogen-bond donors (Lipinski definition) is 0. The van der Waals surface area contributed by atoms with Gasteiger partial charge in [-0.2, -0.15) is 0 Å². The molecule has 0 bridgehead atoms. The highest BCUT2D eigenvalue weighted by Crippen LogP contribution is 2.41. The second-order valence-electron chi connectivity index (χ2n) is 6.56. The zero-order valence-electron chi connectivity index (χ0n) is 13.3. The zero-order valence-corrected chi connectivity index (χ0v) is 13.3. The Bertz CT molecular complexity index is 560. The van der Waals surface area contributed by atoms with Crippen LogP contribution in [0.4, 0.5) is 5.69 Å². The number of benzene rings is 1. The molecule has 1 saturated heterocycles. The number of ether oxygens (including phenoxy) is 2. The second-order valence-corrected chi connectivity index (χ2v) is 6.56. The first kappa shape index (κ1) is 15.0. The molecule has 0 N–H and O–H groups in total. The van der Waals surface area contributed by atoms with Crippen LogP contribution in [0.2, 0.25) is 0 Å². The van der Waals surface area contributed by atoms with E-state index < -0.39 is 5.41 Å². The first-order valence-electron chi connectivity index (χ1n) is 7.56. The van der Waals surface area contributed by atoms with Gasteiger partial charge in [0.05, 0.1) is 24.2 Å². The minimum Gasteiger partial charge on any atom is -0.454 e. The van der Waals surface area contributed by atoms with E-state index in [4.69, 9.17) is 14.3 Å². The van der Waals surface area contributed by atoms with Gasteiger partial charge in [0.2, 0.25) is 6.79 Å². The molecular weight excluding hydrogens is 284 g/mol. The number of anilines is 1. The SMILES string of the molecule is CC(C)(C)C(=O)ON1CCN(c2cccc3c2OCO3)CC1. The van der Waals surface area contributed by atoms with Crippen molar-refractivity contribution in [2.75, 3.05) is 37.9 Å². The summed E-state index contributed by atoms with van der Waals surface area (Å²) < 4.78 is 11.0. The van der Waals surface area contributed by atoms with Crippen LogP contribution in [0.5, 0.6) is 11.5 Å². The molecule has 2 heterocycles. The van der Waals surface area contributed by atoms with Crippen LogP contribution in [0.15, 0.2) is 18.2 Å². The Morgan fingerprint density at radius 3 is 2.55 bits per heavy atom. The summed E-state index contributed by atoms with van der Waals surface area (Å²) in [4.78, 5) is 19.6. The average molecular weight is 306 g/mol. The highest BCUT2D eigenvalue weighted by molar-refractivity contribution is 5.75. The Hall–Kier alpha value is -1.95.